The van der Waals surface area contributed by atoms with Crippen molar-refractivity contribution in [3.8, 4) is 0 Å². The van der Waals surface area contributed by atoms with E-state index in [0.29, 0.717) is 0 Å². The molecule has 2 unspecified atom stereocenters. The van der Waals surface area contributed by atoms with E-state index in [1.54, 1.807) is 6.92 Å². The van der Waals surface area contributed by atoms with Crippen LogP contribution in [0.3, 0.4) is 0 Å². The summed E-state index contributed by atoms with van der Waals surface area (Å²) in [7, 11) is 0. The third-order valence-corrected chi connectivity index (χ3v) is 3.31. The third kappa shape index (κ3) is 5.55. The smallest absolute Gasteiger partial charge is 0.393 e. The van der Waals surface area contributed by atoms with Gasteiger partial charge in [0, 0.05) is 6.92 Å². The van der Waals surface area contributed by atoms with E-state index in [1.165, 1.54) is 6.92 Å². The number of carboxylic acids is 1. The summed E-state index contributed by atoms with van der Waals surface area (Å²) in [5.74, 6) is -1.76. The van der Waals surface area contributed by atoms with Crippen molar-refractivity contribution in [2.45, 2.75) is 45.0 Å². The van der Waals surface area contributed by atoms with Crippen LogP contribution in [0, 0.1) is 0 Å². The molecule has 0 heterocycles. The van der Waals surface area contributed by atoms with Gasteiger partial charge >= 0.3 is 12.1 Å². The highest BCUT2D eigenvalue weighted by molar-refractivity contribution is 5.88. The molecule has 2 atom stereocenters. The van der Waals surface area contributed by atoms with Crippen LogP contribution < -0.4 is 5.32 Å². The number of benzene rings is 1. The van der Waals surface area contributed by atoms with Gasteiger partial charge in [-0.1, -0.05) is 13.0 Å². The highest BCUT2D eigenvalue weighted by atomic mass is 19.4. The fraction of sp³-hybridized carbons (Fsp3) is 0.467. The van der Waals surface area contributed by atoms with Crippen LogP contribution in [-0.4, -0.2) is 34.3 Å². The van der Waals surface area contributed by atoms with Crippen molar-refractivity contribution in [1.29, 1.82) is 0 Å². The molecule has 0 saturated heterocycles. The summed E-state index contributed by atoms with van der Waals surface area (Å²) in [6, 6.07) is 2.29. The Balaban J connectivity index is 3.29. The van der Waals surface area contributed by atoms with Crippen LogP contribution in [0.2, 0.25) is 0 Å². The van der Waals surface area contributed by atoms with Crippen molar-refractivity contribution in [2.24, 2.45) is 0 Å². The number of hydrogen-bond acceptors (Lipinski definition) is 3. The van der Waals surface area contributed by atoms with E-state index in [0.717, 1.165) is 18.2 Å². The summed E-state index contributed by atoms with van der Waals surface area (Å²) in [6.45, 7) is 2.87. The lowest BCUT2D eigenvalue weighted by molar-refractivity contribution is -0.127. The zero-order valence-electron chi connectivity index (χ0n) is 12.6. The van der Waals surface area contributed by atoms with E-state index in [9.17, 15) is 27.9 Å². The zero-order valence-corrected chi connectivity index (χ0v) is 12.6. The Morgan fingerprint density at radius 3 is 2.35 bits per heavy atom. The van der Waals surface area contributed by atoms with Gasteiger partial charge in [-0.25, -0.2) is 4.79 Å². The normalized spacial score (nSPS) is 14.2. The number of nitrogens with one attached hydrogen (secondary N) is 1. The van der Waals surface area contributed by atoms with E-state index < -0.39 is 36.6 Å². The second kappa shape index (κ2) is 7.45. The molecule has 1 amide bonds. The molecule has 0 saturated carbocycles. The molecule has 3 N–H and O–H groups in total. The second-order valence-electron chi connectivity index (χ2n) is 5.17. The van der Waals surface area contributed by atoms with Gasteiger partial charge in [-0.15, -0.1) is 0 Å². The van der Waals surface area contributed by atoms with Crippen molar-refractivity contribution in [2.75, 3.05) is 0 Å². The first-order valence-corrected chi connectivity index (χ1v) is 6.93. The summed E-state index contributed by atoms with van der Waals surface area (Å²) >= 11 is 0. The van der Waals surface area contributed by atoms with Crippen molar-refractivity contribution in [1.82, 2.24) is 5.32 Å². The Labute approximate surface area is 131 Å². The summed E-state index contributed by atoms with van der Waals surface area (Å²) in [6.07, 6.45) is -6.98. The molecule has 1 rings (SSSR count). The Hall–Kier alpha value is -2.09. The summed E-state index contributed by atoms with van der Waals surface area (Å²) in [5, 5.41) is 21.8. The fourth-order valence-corrected chi connectivity index (χ4v) is 2.26. The number of rotatable bonds is 6. The highest BCUT2D eigenvalue weighted by Crippen LogP contribution is 2.29. The van der Waals surface area contributed by atoms with Crippen LogP contribution in [0.15, 0.2) is 18.2 Å². The van der Waals surface area contributed by atoms with Gasteiger partial charge in [0.2, 0.25) is 5.91 Å². The van der Waals surface area contributed by atoms with Crippen LogP contribution in [0.5, 0.6) is 0 Å². The summed E-state index contributed by atoms with van der Waals surface area (Å²) in [4.78, 5) is 22.2. The average Bonchev–Trinajstić information content (AvgIpc) is 2.42. The van der Waals surface area contributed by atoms with Crippen LogP contribution >= 0.6 is 0 Å². The molecular formula is C15H18F3NO4. The lowest BCUT2D eigenvalue weighted by Gasteiger charge is -2.25. The van der Waals surface area contributed by atoms with Crippen molar-refractivity contribution in [3.63, 3.8) is 0 Å². The molecule has 0 radical (unpaired) electrons. The number of aromatic carboxylic acids is 1. The predicted molar refractivity (Wildman–Crippen MR) is 76.0 cm³/mol. The molecular weight excluding hydrogens is 315 g/mol. The van der Waals surface area contributed by atoms with Gasteiger partial charge in [-0.2, -0.15) is 13.2 Å². The molecule has 1 aromatic carbocycles. The molecule has 0 aliphatic carbocycles. The van der Waals surface area contributed by atoms with Crippen molar-refractivity contribution < 1.29 is 33.0 Å². The van der Waals surface area contributed by atoms with Gasteiger partial charge in [-0.05, 0) is 29.7 Å². The standard InChI is InChI=1S/C15H18F3NO4/c1-3-12(19-8(2)20)13(21)11-6-9(14(22)23)4-5-10(11)7-15(16,17)18/h4-6,12-13,21H,3,7H2,1-2H3,(H,19,20)(H,22,23). The quantitative estimate of drug-likeness (QED) is 0.746. The molecule has 0 spiro atoms. The highest BCUT2D eigenvalue weighted by Gasteiger charge is 2.32. The monoisotopic (exact) mass is 333 g/mol. The first kappa shape index (κ1) is 19.0. The number of halogens is 3. The number of alkyl halides is 3. The number of aliphatic hydroxyl groups excluding tert-OH is 1. The minimum atomic E-state index is -4.51. The minimum absolute atomic E-state index is 0.150. The van der Waals surface area contributed by atoms with Gasteiger partial charge in [0.05, 0.1) is 24.1 Å². The molecule has 0 aromatic heterocycles. The molecule has 0 bridgehead atoms. The largest absolute Gasteiger partial charge is 0.478 e. The first-order valence-electron chi connectivity index (χ1n) is 6.93. The van der Waals surface area contributed by atoms with E-state index >= 15 is 0 Å². The summed E-state index contributed by atoms with van der Waals surface area (Å²) in [5.41, 5.74) is -0.607. The van der Waals surface area contributed by atoms with E-state index in [1.807, 2.05) is 0 Å². The third-order valence-electron chi connectivity index (χ3n) is 3.31. The van der Waals surface area contributed by atoms with Gasteiger partial charge in [0.1, 0.15) is 0 Å². The fourth-order valence-electron chi connectivity index (χ4n) is 2.26. The number of carboxylic acid groups (broad SMARTS) is 1. The molecule has 128 valence electrons. The Morgan fingerprint density at radius 2 is 1.91 bits per heavy atom. The molecule has 0 fully saturated rings. The van der Waals surface area contributed by atoms with Crippen LogP contribution in [0.1, 0.15) is 47.9 Å². The molecule has 5 nitrogen and oxygen atoms in total. The Morgan fingerprint density at radius 1 is 1.30 bits per heavy atom. The molecule has 8 heteroatoms. The molecule has 0 aliphatic rings. The number of amides is 1. The Kier molecular flexibility index (Phi) is 6.14. The van der Waals surface area contributed by atoms with E-state index in [-0.39, 0.29) is 23.1 Å². The number of carbonyl (C=O) groups is 2. The van der Waals surface area contributed by atoms with Gasteiger partial charge in [-0.3, -0.25) is 4.79 Å². The van der Waals surface area contributed by atoms with Crippen LogP contribution in [0.25, 0.3) is 0 Å². The average molecular weight is 333 g/mol. The zero-order chi connectivity index (χ0) is 17.8. The van der Waals surface area contributed by atoms with Crippen molar-refractivity contribution in [3.05, 3.63) is 34.9 Å². The summed E-state index contributed by atoms with van der Waals surface area (Å²) < 4.78 is 38.0. The van der Waals surface area contributed by atoms with E-state index in [4.69, 9.17) is 5.11 Å². The lowest BCUT2D eigenvalue weighted by Crippen LogP contribution is -2.38. The van der Waals surface area contributed by atoms with Crippen LogP contribution in [0.4, 0.5) is 13.2 Å². The maximum Gasteiger partial charge on any atom is 0.393 e. The predicted octanol–water partition coefficient (Wildman–Crippen LogP) is 2.44. The van der Waals surface area contributed by atoms with Crippen molar-refractivity contribution >= 4 is 11.9 Å². The minimum Gasteiger partial charge on any atom is -0.478 e. The number of carbonyl (C=O) groups excluding carboxylic acids is 1. The Bertz CT molecular complexity index is 587. The molecule has 0 aliphatic heterocycles. The number of hydrogen-bond donors (Lipinski definition) is 3. The maximum absolute atomic E-state index is 12.7. The topological polar surface area (TPSA) is 86.6 Å². The van der Waals surface area contributed by atoms with Gasteiger partial charge < -0.3 is 15.5 Å². The first-order chi connectivity index (χ1) is 10.5. The molecule has 23 heavy (non-hydrogen) atoms. The van der Waals surface area contributed by atoms with Crippen LogP contribution in [-0.2, 0) is 11.2 Å². The lowest BCUT2D eigenvalue weighted by atomic mass is 9.92. The van der Waals surface area contributed by atoms with E-state index in [2.05, 4.69) is 5.32 Å². The SMILES string of the molecule is CCC(NC(C)=O)C(O)c1cc(C(=O)O)ccc1CC(F)(F)F. The molecule has 1 aromatic rings. The second-order valence-corrected chi connectivity index (χ2v) is 5.17. The number of aliphatic hydroxyl groups is 1. The van der Waals surface area contributed by atoms with Gasteiger partial charge in [0.15, 0.2) is 0 Å². The van der Waals surface area contributed by atoms with Gasteiger partial charge in [0.25, 0.3) is 0 Å². The maximum atomic E-state index is 12.7.